The molecule has 0 fully saturated rings. The van der Waals surface area contributed by atoms with Crippen molar-refractivity contribution in [3.63, 3.8) is 0 Å². The van der Waals surface area contributed by atoms with Crippen molar-refractivity contribution in [3.8, 4) is 0 Å². The molecule has 0 radical (unpaired) electrons. The fraction of sp³-hybridized carbons (Fsp3) is 0.250. The van der Waals surface area contributed by atoms with Crippen LogP contribution in [0.2, 0.25) is 5.02 Å². The summed E-state index contributed by atoms with van der Waals surface area (Å²) in [5.74, 6) is -1.14. The number of halogens is 1. The molecule has 0 saturated heterocycles. The number of ether oxygens (including phenoxy) is 1. The van der Waals surface area contributed by atoms with Crippen molar-refractivity contribution in [1.82, 2.24) is 0 Å². The molecule has 0 spiro atoms. The van der Waals surface area contributed by atoms with Gasteiger partial charge in [-0.05, 0) is 48.4 Å². The normalized spacial score (nSPS) is 10.2. The first-order valence-electron chi connectivity index (χ1n) is 8.64. The van der Waals surface area contributed by atoms with Crippen LogP contribution in [0.4, 0.5) is 11.4 Å². The molecular formula is C20H21ClN2O4S. The molecular weight excluding hydrogens is 400 g/mol. The van der Waals surface area contributed by atoms with Crippen molar-refractivity contribution in [2.75, 3.05) is 28.7 Å². The maximum Gasteiger partial charge on any atom is 0.316 e. The van der Waals surface area contributed by atoms with E-state index < -0.39 is 11.9 Å². The van der Waals surface area contributed by atoms with Crippen molar-refractivity contribution in [2.24, 2.45) is 0 Å². The van der Waals surface area contributed by atoms with Gasteiger partial charge in [-0.1, -0.05) is 30.7 Å². The summed E-state index contributed by atoms with van der Waals surface area (Å²) in [5, 5.41) is 5.96. The summed E-state index contributed by atoms with van der Waals surface area (Å²) in [5.41, 5.74) is 2.39. The van der Waals surface area contributed by atoms with E-state index in [1.807, 2.05) is 25.1 Å². The number of rotatable bonds is 9. The van der Waals surface area contributed by atoms with Crippen LogP contribution in [0.25, 0.3) is 0 Å². The number of aryl methyl sites for hydroxylation is 1. The number of benzene rings is 2. The first-order chi connectivity index (χ1) is 13.5. The van der Waals surface area contributed by atoms with Gasteiger partial charge in [-0.2, -0.15) is 0 Å². The predicted molar refractivity (Wildman–Crippen MR) is 113 cm³/mol. The van der Waals surface area contributed by atoms with Gasteiger partial charge in [0.05, 0.1) is 11.5 Å². The largest absolute Gasteiger partial charge is 0.455 e. The average molecular weight is 421 g/mol. The van der Waals surface area contributed by atoms with Crippen molar-refractivity contribution in [3.05, 3.63) is 59.1 Å². The first-order valence-corrected chi connectivity index (χ1v) is 10.2. The second kappa shape index (κ2) is 11.4. The SMILES string of the molecule is CCc1cccc(NC(=O)COC(=O)CSCC(=O)Nc2ccc(Cl)cc2)c1. The summed E-state index contributed by atoms with van der Waals surface area (Å²) in [4.78, 5) is 35.4. The third kappa shape index (κ3) is 8.02. The van der Waals surface area contributed by atoms with Crippen LogP contribution < -0.4 is 10.6 Å². The van der Waals surface area contributed by atoms with Gasteiger partial charge in [0.15, 0.2) is 6.61 Å². The van der Waals surface area contributed by atoms with E-state index in [9.17, 15) is 14.4 Å². The number of thioether (sulfide) groups is 1. The van der Waals surface area contributed by atoms with Crippen LogP contribution in [0.3, 0.4) is 0 Å². The van der Waals surface area contributed by atoms with E-state index in [4.69, 9.17) is 16.3 Å². The molecule has 0 saturated carbocycles. The van der Waals surface area contributed by atoms with Crippen LogP contribution in [0.5, 0.6) is 0 Å². The Hall–Kier alpha value is -2.51. The van der Waals surface area contributed by atoms with E-state index in [0.29, 0.717) is 16.4 Å². The minimum absolute atomic E-state index is 0.0212. The maximum atomic E-state index is 11.9. The Morgan fingerprint density at radius 2 is 1.68 bits per heavy atom. The summed E-state index contributed by atoms with van der Waals surface area (Å²) in [6.45, 7) is 1.66. The highest BCUT2D eigenvalue weighted by atomic mass is 35.5. The smallest absolute Gasteiger partial charge is 0.316 e. The van der Waals surface area contributed by atoms with Gasteiger partial charge in [0.25, 0.3) is 5.91 Å². The van der Waals surface area contributed by atoms with Crippen LogP contribution in [-0.2, 0) is 25.5 Å². The van der Waals surface area contributed by atoms with E-state index in [1.165, 1.54) is 0 Å². The molecule has 0 aliphatic heterocycles. The van der Waals surface area contributed by atoms with Gasteiger partial charge in [-0.25, -0.2) is 0 Å². The molecule has 2 N–H and O–H groups in total. The van der Waals surface area contributed by atoms with Gasteiger partial charge in [0.2, 0.25) is 5.91 Å². The standard InChI is InChI=1S/C20H21ClN2O4S/c1-2-14-4-3-5-17(10-14)23-18(24)11-27-20(26)13-28-12-19(25)22-16-8-6-15(21)7-9-16/h3-10H,2,11-13H2,1H3,(H,22,25)(H,23,24). The molecule has 2 amide bonds. The predicted octanol–water partition coefficient (Wildman–Crippen LogP) is 3.76. The molecule has 2 rings (SSSR count). The Morgan fingerprint density at radius 1 is 0.964 bits per heavy atom. The molecule has 0 aliphatic carbocycles. The summed E-state index contributed by atoms with van der Waals surface area (Å²) >= 11 is 6.89. The molecule has 6 nitrogen and oxygen atoms in total. The molecule has 0 aromatic heterocycles. The van der Waals surface area contributed by atoms with E-state index in [-0.39, 0.29) is 24.0 Å². The maximum absolute atomic E-state index is 11.9. The number of carbonyl (C=O) groups excluding carboxylic acids is 3. The van der Waals surface area contributed by atoms with Gasteiger partial charge in [0, 0.05) is 16.4 Å². The number of hydrogen-bond acceptors (Lipinski definition) is 5. The lowest BCUT2D eigenvalue weighted by molar-refractivity contribution is -0.144. The molecule has 0 unspecified atom stereocenters. The topological polar surface area (TPSA) is 84.5 Å². The lowest BCUT2D eigenvalue weighted by Crippen LogP contribution is -2.22. The average Bonchev–Trinajstić information content (AvgIpc) is 2.68. The lowest BCUT2D eigenvalue weighted by atomic mass is 10.1. The Kier molecular flexibility index (Phi) is 8.84. The van der Waals surface area contributed by atoms with E-state index >= 15 is 0 Å². The number of hydrogen-bond donors (Lipinski definition) is 2. The summed E-state index contributed by atoms with van der Waals surface area (Å²) in [6.07, 6.45) is 0.863. The Morgan fingerprint density at radius 3 is 2.39 bits per heavy atom. The van der Waals surface area contributed by atoms with Crippen LogP contribution in [-0.4, -0.2) is 35.9 Å². The van der Waals surface area contributed by atoms with Crippen LogP contribution in [0, 0.1) is 0 Å². The highest BCUT2D eigenvalue weighted by molar-refractivity contribution is 8.00. The van der Waals surface area contributed by atoms with E-state index in [1.54, 1.807) is 30.3 Å². The van der Waals surface area contributed by atoms with Gasteiger partial charge in [-0.15, -0.1) is 11.8 Å². The first kappa shape index (κ1) is 21.8. The molecule has 0 aliphatic rings. The quantitative estimate of drug-likeness (QED) is 0.603. The number of amides is 2. The third-order valence-electron chi connectivity index (χ3n) is 3.56. The van der Waals surface area contributed by atoms with E-state index in [2.05, 4.69) is 10.6 Å². The number of nitrogens with one attached hydrogen (secondary N) is 2. The molecule has 2 aromatic rings. The Labute approximate surface area is 173 Å². The summed E-state index contributed by atoms with van der Waals surface area (Å²) in [6, 6.07) is 14.2. The molecule has 0 heterocycles. The fourth-order valence-electron chi connectivity index (χ4n) is 2.21. The second-order valence-corrected chi connectivity index (χ2v) is 7.23. The fourth-order valence-corrected chi connectivity index (χ4v) is 2.95. The summed E-state index contributed by atoms with van der Waals surface area (Å²) in [7, 11) is 0. The van der Waals surface area contributed by atoms with Crippen molar-refractivity contribution < 1.29 is 19.1 Å². The Bertz CT molecular complexity index is 827. The number of anilines is 2. The minimum Gasteiger partial charge on any atom is -0.455 e. The Balaban J connectivity index is 1.63. The minimum atomic E-state index is -0.554. The van der Waals surface area contributed by atoms with Crippen molar-refractivity contribution >= 4 is 52.5 Å². The zero-order chi connectivity index (χ0) is 20.4. The van der Waals surface area contributed by atoms with Gasteiger partial charge >= 0.3 is 5.97 Å². The molecule has 0 bridgehead atoms. The van der Waals surface area contributed by atoms with Gasteiger partial charge in [-0.3, -0.25) is 14.4 Å². The van der Waals surface area contributed by atoms with Crippen molar-refractivity contribution in [2.45, 2.75) is 13.3 Å². The number of esters is 1. The number of carbonyl (C=O) groups is 3. The monoisotopic (exact) mass is 420 g/mol. The van der Waals surface area contributed by atoms with Crippen molar-refractivity contribution in [1.29, 1.82) is 0 Å². The third-order valence-corrected chi connectivity index (χ3v) is 4.72. The van der Waals surface area contributed by atoms with Gasteiger partial charge in [0.1, 0.15) is 0 Å². The highest BCUT2D eigenvalue weighted by Crippen LogP contribution is 2.14. The summed E-state index contributed by atoms with van der Waals surface area (Å²) < 4.78 is 4.93. The second-order valence-electron chi connectivity index (χ2n) is 5.81. The zero-order valence-corrected chi connectivity index (χ0v) is 16.9. The highest BCUT2D eigenvalue weighted by Gasteiger charge is 2.10. The zero-order valence-electron chi connectivity index (χ0n) is 15.4. The van der Waals surface area contributed by atoms with E-state index in [0.717, 1.165) is 23.7 Å². The van der Waals surface area contributed by atoms with Gasteiger partial charge < -0.3 is 15.4 Å². The lowest BCUT2D eigenvalue weighted by Gasteiger charge is -2.08. The molecule has 0 atom stereocenters. The molecule has 8 heteroatoms. The molecule has 28 heavy (non-hydrogen) atoms. The molecule has 148 valence electrons. The van der Waals surface area contributed by atoms with Crippen LogP contribution in [0.15, 0.2) is 48.5 Å². The van der Waals surface area contributed by atoms with Crippen LogP contribution >= 0.6 is 23.4 Å². The molecule has 2 aromatic carbocycles. The van der Waals surface area contributed by atoms with Crippen LogP contribution in [0.1, 0.15) is 12.5 Å².